The number of aromatic nitrogens is 3. The average Bonchev–Trinajstić information content (AvgIpc) is 3.14. The lowest BCUT2D eigenvalue weighted by molar-refractivity contribution is 0.0492. The lowest BCUT2D eigenvalue weighted by atomic mass is 9.91. The largest absolute Gasteiger partial charge is 0.444 e. The first-order valence-electron chi connectivity index (χ1n) is 10.2. The maximum absolute atomic E-state index is 12.0. The van der Waals surface area contributed by atoms with Gasteiger partial charge in [-0.15, -0.1) is 11.3 Å². The minimum atomic E-state index is -0.468. The number of aryl methyl sites for hydroxylation is 2. The zero-order valence-electron chi connectivity index (χ0n) is 17.7. The Hall–Kier alpha value is -2.35. The highest BCUT2D eigenvalue weighted by molar-refractivity contribution is 7.26. The number of alkyl carbamates (subject to hydrolysis) is 1. The third kappa shape index (κ3) is 4.32. The van der Waals surface area contributed by atoms with E-state index in [9.17, 15) is 4.79 Å². The molecule has 1 fully saturated rings. The van der Waals surface area contributed by atoms with Crippen molar-refractivity contribution in [3.05, 3.63) is 17.3 Å². The number of carbonyl (C=O) groups is 1. The van der Waals surface area contributed by atoms with Crippen LogP contribution in [0, 0.1) is 13.8 Å². The van der Waals surface area contributed by atoms with Crippen LogP contribution in [0.1, 0.15) is 57.7 Å². The van der Waals surface area contributed by atoms with Crippen molar-refractivity contribution in [2.75, 3.05) is 5.32 Å². The Balaban J connectivity index is 1.40. The van der Waals surface area contributed by atoms with Crippen molar-refractivity contribution in [1.82, 2.24) is 20.5 Å². The van der Waals surface area contributed by atoms with Crippen LogP contribution in [0.5, 0.6) is 0 Å². The first-order valence-corrected chi connectivity index (χ1v) is 11.0. The van der Waals surface area contributed by atoms with Crippen molar-refractivity contribution in [2.24, 2.45) is 0 Å². The smallest absolute Gasteiger partial charge is 0.407 e. The van der Waals surface area contributed by atoms with Crippen LogP contribution in [0.4, 0.5) is 10.6 Å². The summed E-state index contributed by atoms with van der Waals surface area (Å²) in [5.41, 5.74) is 2.86. The molecule has 1 amide bonds. The topological polar surface area (TPSA) is 91.9 Å². The second-order valence-electron chi connectivity index (χ2n) is 8.98. The van der Waals surface area contributed by atoms with Gasteiger partial charge in [0.1, 0.15) is 10.4 Å². The molecule has 0 radical (unpaired) electrons. The van der Waals surface area contributed by atoms with Gasteiger partial charge in [0, 0.05) is 23.2 Å². The van der Waals surface area contributed by atoms with E-state index in [2.05, 4.69) is 38.8 Å². The molecule has 0 unspecified atom stereocenters. The van der Waals surface area contributed by atoms with Crippen LogP contribution in [0.3, 0.4) is 0 Å². The van der Waals surface area contributed by atoms with E-state index >= 15 is 0 Å². The van der Waals surface area contributed by atoms with Gasteiger partial charge in [-0.2, -0.15) is 5.10 Å². The Bertz CT molecular complexity index is 1040. The monoisotopic (exact) mass is 415 g/mol. The second kappa shape index (κ2) is 7.48. The van der Waals surface area contributed by atoms with Crippen molar-refractivity contribution in [3.8, 4) is 0 Å². The highest BCUT2D eigenvalue weighted by atomic mass is 32.1. The summed E-state index contributed by atoms with van der Waals surface area (Å²) in [6.45, 7) is 9.79. The summed E-state index contributed by atoms with van der Waals surface area (Å²) in [6, 6.07) is 2.63. The zero-order chi connectivity index (χ0) is 20.8. The summed E-state index contributed by atoms with van der Waals surface area (Å²) in [4.78, 5) is 17.7. The van der Waals surface area contributed by atoms with Gasteiger partial charge in [0.05, 0.1) is 10.2 Å². The minimum absolute atomic E-state index is 0.168. The highest BCUT2D eigenvalue weighted by Gasteiger charge is 2.26. The molecule has 1 aliphatic carbocycles. The number of ether oxygens (including phenoxy) is 1. The second-order valence-corrected chi connectivity index (χ2v) is 9.98. The van der Waals surface area contributed by atoms with Crippen molar-refractivity contribution in [1.29, 1.82) is 0 Å². The van der Waals surface area contributed by atoms with E-state index in [1.54, 1.807) is 11.3 Å². The quantitative estimate of drug-likeness (QED) is 0.557. The van der Waals surface area contributed by atoms with Gasteiger partial charge in [-0.3, -0.25) is 5.10 Å². The fourth-order valence-electron chi connectivity index (χ4n) is 4.03. The SMILES string of the molecule is Cc1cc(C)c2c(n1)sc1c(NC3CCC(NC(=O)OC(C)(C)C)CC3)n[nH]c12. The van der Waals surface area contributed by atoms with Gasteiger partial charge in [0.25, 0.3) is 0 Å². The molecule has 156 valence electrons. The van der Waals surface area contributed by atoms with Gasteiger partial charge >= 0.3 is 6.09 Å². The van der Waals surface area contributed by atoms with Crippen molar-refractivity contribution < 1.29 is 9.53 Å². The van der Waals surface area contributed by atoms with E-state index in [1.807, 2.05) is 27.7 Å². The maximum Gasteiger partial charge on any atom is 0.407 e. The third-order valence-corrected chi connectivity index (χ3v) is 6.36. The molecule has 0 spiro atoms. The Morgan fingerprint density at radius 3 is 2.59 bits per heavy atom. The lowest BCUT2D eigenvalue weighted by Gasteiger charge is -2.30. The van der Waals surface area contributed by atoms with Crippen molar-refractivity contribution in [3.63, 3.8) is 0 Å². The van der Waals surface area contributed by atoms with Crippen LogP contribution < -0.4 is 10.6 Å². The van der Waals surface area contributed by atoms with Crippen LogP contribution in [0.25, 0.3) is 20.4 Å². The number of pyridine rings is 1. The molecule has 0 aliphatic heterocycles. The summed E-state index contributed by atoms with van der Waals surface area (Å²) >= 11 is 1.69. The minimum Gasteiger partial charge on any atom is -0.444 e. The fraction of sp³-hybridized carbons (Fsp3) is 0.571. The van der Waals surface area contributed by atoms with E-state index in [1.165, 1.54) is 10.9 Å². The normalized spacial score (nSPS) is 20.2. The third-order valence-electron chi connectivity index (χ3n) is 5.27. The zero-order valence-corrected chi connectivity index (χ0v) is 18.5. The van der Waals surface area contributed by atoms with Crippen LogP contribution in [-0.2, 0) is 4.74 Å². The lowest BCUT2D eigenvalue weighted by Crippen LogP contribution is -2.42. The predicted molar refractivity (Wildman–Crippen MR) is 118 cm³/mol. The molecule has 3 heterocycles. The van der Waals surface area contributed by atoms with E-state index in [-0.39, 0.29) is 12.1 Å². The first-order chi connectivity index (χ1) is 13.7. The number of thiophene rings is 1. The standard InChI is InChI=1S/C21H29N5O2S/c1-11-10-12(2)22-19-15(11)16-17(29-19)18(26-25-16)23-13-6-8-14(9-7-13)24-20(27)28-21(3,4)5/h10,13-14H,6-9H2,1-5H3,(H,24,27)(H2,23,25,26). The number of fused-ring (bicyclic) bond motifs is 3. The molecule has 0 atom stereocenters. The van der Waals surface area contributed by atoms with E-state index < -0.39 is 5.60 Å². The Kier molecular flexibility index (Phi) is 5.14. The summed E-state index contributed by atoms with van der Waals surface area (Å²) in [5, 5.41) is 15.5. The van der Waals surface area contributed by atoms with Crippen LogP contribution in [0.2, 0.25) is 0 Å². The summed E-state index contributed by atoms with van der Waals surface area (Å²) < 4.78 is 6.50. The number of carbonyl (C=O) groups excluding carboxylic acids is 1. The molecule has 0 aromatic carbocycles. The molecule has 29 heavy (non-hydrogen) atoms. The highest BCUT2D eigenvalue weighted by Crippen LogP contribution is 2.38. The molecule has 0 saturated heterocycles. The molecule has 3 aromatic rings. The Labute approximate surface area is 174 Å². The molecule has 7 nitrogen and oxygen atoms in total. The number of aromatic amines is 1. The van der Waals surface area contributed by atoms with Crippen LogP contribution >= 0.6 is 11.3 Å². The molecule has 0 bridgehead atoms. The summed E-state index contributed by atoms with van der Waals surface area (Å²) in [5.74, 6) is 0.906. The Morgan fingerprint density at radius 2 is 1.90 bits per heavy atom. The number of anilines is 1. The van der Waals surface area contributed by atoms with Gasteiger partial charge in [0.2, 0.25) is 0 Å². The Morgan fingerprint density at radius 1 is 1.21 bits per heavy atom. The van der Waals surface area contributed by atoms with Crippen molar-refractivity contribution in [2.45, 2.75) is 78.0 Å². The van der Waals surface area contributed by atoms with Gasteiger partial charge in [0.15, 0.2) is 5.82 Å². The molecule has 8 heteroatoms. The first kappa shape index (κ1) is 19.9. The van der Waals surface area contributed by atoms with Crippen molar-refractivity contribution >= 4 is 43.7 Å². The molecule has 1 saturated carbocycles. The van der Waals surface area contributed by atoms with Gasteiger partial charge in [-0.1, -0.05) is 0 Å². The van der Waals surface area contributed by atoms with E-state index in [0.29, 0.717) is 6.04 Å². The maximum atomic E-state index is 12.0. The molecular weight excluding hydrogens is 386 g/mol. The van der Waals surface area contributed by atoms with Gasteiger partial charge in [-0.05, 0) is 71.9 Å². The molecule has 3 N–H and O–H groups in total. The van der Waals surface area contributed by atoms with Gasteiger partial charge in [-0.25, -0.2) is 9.78 Å². The number of nitrogens with one attached hydrogen (secondary N) is 3. The number of amides is 1. The molecule has 3 aromatic heterocycles. The van der Waals surface area contributed by atoms with E-state index in [0.717, 1.165) is 52.2 Å². The number of nitrogens with zero attached hydrogens (tertiary/aromatic N) is 2. The average molecular weight is 416 g/mol. The number of H-pyrrole nitrogens is 1. The van der Waals surface area contributed by atoms with Crippen LogP contribution in [-0.4, -0.2) is 39.0 Å². The summed E-state index contributed by atoms with van der Waals surface area (Å²) in [6.07, 6.45) is 3.49. The van der Waals surface area contributed by atoms with E-state index in [4.69, 9.17) is 4.74 Å². The fourth-order valence-corrected chi connectivity index (χ4v) is 5.22. The predicted octanol–water partition coefficient (Wildman–Crippen LogP) is 5.04. The molecular formula is C21H29N5O2S. The number of hydrogen-bond donors (Lipinski definition) is 3. The van der Waals surface area contributed by atoms with Crippen LogP contribution in [0.15, 0.2) is 6.07 Å². The number of rotatable bonds is 3. The molecule has 4 rings (SSSR count). The molecule has 1 aliphatic rings. The number of hydrogen-bond acceptors (Lipinski definition) is 6. The van der Waals surface area contributed by atoms with Gasteiger partial charge < -0.3 is 15.4 Å². The summed E-state index contributed by atoms with van der Waals surface area (Å²) in [7, 11) is 0.